The zero-order chi connectivity index (χ0) is 11.9. The molecule has 1 unspecified atom stereocenters. The highest BCUT2D eigenvalue weighted by Gasteiger charge is 2.31. The molecule has 0 aromatic rings. The topological polar surface area (TPSA) is 12.0 Å². The molecular weight excluding hydrogens is 194 g/mol. The summed E-state index contributed by atoms with van der Waals surface area (Å²) >= 11 is 0. The van der Waals surface area contributed by atoms with Crippen molar-refractivity contribution >= 4 is 0 Å². The average Bonchev–Trinajstić information content (AvgIpc) is 2.79. The number of rotatable bonds is 8. The molecule has 0 aromatic heterocycles. The van der Waals surface area contributed by atoms with Gasteiger partial charge in [0.05, 0.1) is 0 Å². The maximum absolute atomic E-state index is 3.84. The van der Waals surface area contributed by atoms with Crippen molar-refractivity contribution < 1.29 is 0 Å². The highest BCUT2D eigenvalue weighted by Crippen LogP contribution is 2.40. The monoisotopic (exact) mass is 225 g/mol. The van der Waals surface area contributed by atoms with Crippen molar-refractivity contribution in [1.29, 1.82) is 0 Å². The Morgan fingerprint density at radius 2 is 1.81 bits per heavy atom. The Balaban J connectivity index is 2.29. The Labute approximate surface area is 102 Å². The fraction of sp³-hybridized carbons (Fsp3) is 1.00. The first-order valence-electron chi connectivity index (χ1n) is 7.49. The van der Waals surface area contributed by atoms with E-state index in [1.165, 1.54) is 64.3 Å². The van der Waals surface area contributed by atoms with Crippen LogP contribution in [0, 0.1) is 5.41 Å². The van der Waals surface area contributed by atoms with E-state index in [0.29, 0.717) is 5.41 Å². The zero-order valence-corrected chi connectivity index (χ0v) is 11.6. The molecule has 1 N–H and O–H groups in total. The molecule has 0 aliphatic heterocycles. The standard InChI is InChI=1S/C15H31N/c1-4-7-10-14(5-2)16-13-15(6-3)11-8-9-12-15/h14,16H,4-13H2,1-3H3. The van der Waals surface area contributed by atoms with Crippen molar-refractivity contribution in [3.05, 3.63) is 0 Å². The van der Waals surface area contributed by atoms with Gasteiger partial charge in [0.1, 0.15) is 0 Å². The van der Waals surface area contributed by atoms with Crippen LogP contribution in [0.1, 0.15) is 78.6 Å². The van der Waals surface area contributed by atoms with Crippen LogP contribution in [0.4, 0.5) is 0 Å². The third kappa shape index (κ3) is 4.08. The molecule has 1 rings (SSSR count). The van der Waals surface area contributed by atoms with Crippen LogP contribution in [0.3, 0.4) is 0 Å². The molecule has 0 saturated heterocycles. The van der Waals surface area contributed by atoms with Crippen LogP contribution < -0.4 is 5.32 Å². The van der Waals surface area contributed by atoms with Crippen LogP contribution in [0.25, 0.3) is 0 Å². The fourth-order valence-corrected chi connectivity index (χ4v) is 3.04. The van der Waals surface area contributed by atoms with E-state index in [1.54, 1.807) is 0 Å². The summed E-state index contributed by atoms with van der Waals surface area (Å²) in [6.07, 6.45) is 12.6. The van der Waals surface area contributed by atoms with E-state index in [9.17, 15) is 0 Å². The summed E-state index contributed by atoms with van der Waals surface area (Å²) in [4.78, 5) is 0. The molecule has 0 amide bonds. The Bertz CT molecular complexity index is 170. The summed E-state index contributed by atoms with van der Waals surface area (Å²) < 4.78 is 0. The van der Waals surface area contributed by atoms with Gasteiger partial charge in [-0.25, -0.2) is 0 Å². The molecule has 0 aromatic carbocycles. The van der Waals surface area contributed by atoms with E-state index < -0.39 is 0 Å². The molecule has 1 nitrogen and oxygen atoms in total. The summed E-state index contributed by atoms with van der Waals surface area (Å²) in [6.45, 7) is 8.25. The van der Waals surface area contributed by atoms with E-state index >= 15 is 0 Å². The Hall–Kier alpha value is -0.0400. The molecule has 0 heterocycles. The van der Waals surface area contributed by atoms with E-state index in [0.717, 1.165) is 6.04 Å². The predicted molar refractivity (Wildman–Crippen MR) is 72.8 cm³/mol. The van der Waals surface area contributed by atoms with Crippen molar-refractivity contribution in [3.8, 4) is 0 Å². The van der Waals surface area contributed by atoms with Gasteiger partial charge in [-0.2, -0.15) is 0 Å². The SMILES string of the molecule is CCCCC(CC)NCC1(CC)CCCC1. The number of hydrogen-bond donors (Lipinski definition) is 1. The number of nitrogens with one attached hydrogen (secondary N) is 1. The van der Waals surface area contributed by atoms with Crippen molar-refractivity contribution in [3.63, 3.8) is 0 Å². The lowest BCUT2D eigenvalue weighted by Crippen LogP contribution is -2.38. The Morgan fingerprint density at radius 3 is 2.31 bits per heavy atom. The summed E-state index contributed by atoms with van der Waals surface area (Å²) in [5, 5.41) is 3.84. The minimum absolute atomic E-state index is 0.652. The van der Waals surface area contributed by atoms with Gasteiger partial charge in [-0.15, -0.1) is 0 Å². The highest BCUT2D eigenvalue weighted by atomic mass is 14.9. The molecular formula is C15H31N. The first-order valence-corrected chi connectivity index (χ1v) is 7.49. The first kappa shape index (κ1) is 14.0. The van der Waals surface area contributed by atoms with E-state index in [4.69, 9.17) is 0 Å². The normalized spacial score (nSPS) is 21.2. The van der Waals surface area contributed by atoms with Gasteiger partial charge in [-0.1, -0.05) is 46.5 Å². The van der Waals surface area contributed by atoms with E-state index in [2.05, 4.69) is 26.1 Å². The molecule has 16 heavy (non-hydrogen) atoms. The molecule has 96 valence electrons. The highest BCUT2D eigenvalue weighted by molar-refractivity contribution is 4.86. The van der Waals surface area contributed by atoms with Crippen LogP contribution in [-0.4, -0.2) is 12.6 Å². The van der Waals surface area contributed by atoms with Crippen LogP contribution in [0.15, 0.2) is 0 Å². The van der Waals surface area contributed by atoms with Gasteiger partial charge >= 0.3 is 0 Å². The first-order chi connectivity index (χ1) is 7.76. The maximum Gasteiger partial charge on any atom is 0.00646 e. The van der Waals surface area contributed by atoms with Crippen LogP contribution in [0.5, 0.6) is 0 Å². The average molecular weight is 225 g/mol. The van der Waals surface area contributed by atoms with Crippen LogP contribution >= 0.6 is 0 Å². The second-order valence-corrected chi connectivity index (χ2v) is 5.69. The molecule has 0 spiro atoms. The lowest BCUT2D eigenvalue weighted by atomic mass is 9.83. The van der Waals surface area contributed by atoms with Gasteiger partial charge in [0.15, 0.2) is 0 Å². The van der Waals surface area contributed by atoms with Crippen LogP contribution in [-0.2, 0) is 0 Å². The van der Waals surface area contributed by atoms with Crippen molar-refractivity contribution in [2.45, 2.75) is 84.6 Å². The molecule has 1 atom stereocenters. The summed E-state index contributed by atoms with van der Waals surface area (Å²) in [7, 11) is 0. The summed E-state index contributed by atoms with van der Waals surface area (Å²) in [5.74, 6) is 0. The lowest BCUT2D eigenvalue weighted by molar-refractivity contribution is 0.250. The number of hydrogen-bond acceptors (Lipinski definition) is 1. The summed E-state index contributed by atoms with van der Waals surface area (Å²) in [5.41, 5.74) is 0.652. The second-order valence-electron chi connectivity index (χ2n) is 5.69. The predicted octanol–water partition coefficient (Wildman–Crippen LogP) is 4.52. The smallest absolute Gasteiger partial charge is 0.00646 e. The lowest BCUT2D eigenvalue weighted by Gasteiger charge is -2.30. The van der Waals surface area contributed by atoms with Crippen LogP contribution in [0.2, 0.25) is 0 Å². The maximum atomic E-state index is 3.84. The third-order valence-corrected chi connectivity index (χ3v) is 4.58. The van der Waals surface area contributed by atoms with Gasteiger partial charge in [-0.05, 0) is 37.5 Å². The third-order valence-electron chi connectivity index (χ3n) is 4.58. The Morgan fingerprint density at radius 1 is 1.12 bits per heavy atom. The molecule has 1 aliphatic rings. The minimum Gasteiger partial charge on any atom is -0.313 e. The molecule has 0 bridgehead atoms. The molecule has 0 radical (unpaired) electrons. The van der Waals surface area contributed by atoms with Gasteiger partial charge < -0.3 is 5.32 Å². The van der Waals surface area contributed by atoms with Crippen molar-refractivity contribution in [2.24, 2.45) is 5.41 Å². The number of unbranched alkanes of at least 4 members (excludes halogenated alkanes) is 1. The molecule has 1 heteroatoms. The minimum atomic E-state index is 0.652. The fourth-order valence-electron chi connectivity index (χ4n) is 3.04. The van der Waals surface area contributed by atoms with Gasteiger partial charge in [0.2, 0.25) is 0 Å². The summed E-state index contributed by atoms with van der Waals surface area (Å²) in [6, 6.07) is 0.768. The zero-order valence-electron chi connectivity index (χ0n) is 11.6. The van der Waals surface area contributed by atoms with E-state index in [-0.39, 0.29) is 0 Å². The molecule has 1 fully saturated rings. The second kappa shape index (κ2) is 7.32. The largest absolute Gasteiger partial charge is 0.313 e. The Kier molecular flexibility index (Phi) is 6.41. The van der Waals surface area contributed by atoms with Crippen molar-refractivity contribution in [1.82, 2.24) is 5.32 Å². The molecule has 1 aliphatic carbocycles. The quantitative estimate of drug-likeness (QED) is 0.640. The molecule has 1 saturated carbocycles. The van der Waals surface area contributed by atoms with E-state index in [1.807, 2.05) is 0 Å². The van der Waals surface area contributed by atoms with Gasteiger partial charge in [0.25, 0.3) is 0 Å². The van der Waals surface area contributed by atoms with Gasteiger partial charge in [-0.3, -0.25) is 0 Å². The van der Waals surface area contributed by atoms with Crippen molar-refractivity contribution in [2.75, 3.05) is 6.54 Å². The van der Waals surface area contributed by atoms with Gasteiger partial charge in [0, 0.05) is 12.6 Å².